The third-order valence-corrected chi connectivity index (χ3v) is 5.83. The molecule has 2 saturated heterocycles. The second-order valence-electron chi connectivity index (χ2n) is 7.53. The van der Waals surface area contributed by atoms with Crippen LogP contribution in [-0.2, 0) is 29.7 Å². The summed E-state index contributed by atoms with van der Waals surface area (Å²) in [7, 11) is 3.83. The molecule has 2 aliphatic heterocycles. The first-order valence-electron chi connectivity index (χ1n) is 9.13. The highest BCUT2D eigenvalue weighted by atomic mass is 16.5. The molecule has 0 spiro atoms. The minimum atomic E-state index is -0.363. The molecule has 2 aromatic rings. The van der Waals surface area contributed by atoms with Crippen molar-refractivity contribution < 1.29 is 13.9 Å². The number of amides is 1. The Labute approximate surface area is 153 Å². The Kier molecular flexibility index (Phi) is 4.58. The molecule has 0 aliphatic carbocycles. The molecule has 26 heavy (non-hydrogen) atoms. The quantitative estimate of drug-likeness (QED) is 0.811. The van der Waals surface area contributed by atoms with E-state index in [-0.39, 0.29) is 17.2 Å². The Hall–Kier alpha value is -2.12. The van der Waals surface area contributed by atoms with E-state index in [1.165, 1.54) is 0 Å². The van der Waals surface area contributed by atoms with E-state index in [1.54, 1.807) is 6.26 Å². The fourth-order valence-corrected chi connectivity index (χ4v) is 4.40. The summed E-state index contributed by atoms with van der Waals surface area (Å²) in [5.41, 5.74) is 0.800. The molecule has 0 radical (unpaired) electrons. The van der Waals surface area contributed by atoms with Crippen LogP contribution in [0.5, 0.6) is 0 Å². The maximum atomic E-state index is 13.4. The highest BCUT2D eigenvalue weighted by Crippen LogP contribution is 2.44. The lowest BCUT2D eigenvalue weighted by atomic mass is 9.73. The van der Waals surface area contributed by atoms with E-state index in [2.05, 4.69) is 10.00 Å². The van der Waals surface area contributed by atoms with E-state index in [1.807, 2.05) is 48.1 Å². The second kappa shape index (κ2) is 6.89. The molecule has 140 valence electrons. The third-order valence-electron chi connectivity index (χ3n) is 5.83. The number of rotatable bonds is 5. The molecule has 2 atom stereocenters. The number of aromatic nitrogens is 2. The molecule has 0 N–H and O–H groups in total. The standard InChI is InChI=1S/C19H26N4O3/c1-21(12-17-4-3-8-26-17)18(24)19-6-9-25-13-15(19)10-23(14-19)11-16-5-7-20-22(16)2/h3-5,7-8,15H,6,9-14H2,1-2H3. The zero-order valence-electron chi connectivity index (χ0n) is 15.4. The zero-order valence-corrected chi connectivity index (χ0v) is 15.4. The molecular weight excluding hydrogens is 332 g/mol. The van der Waals surface area contributed by atoms with E-state index in [9.17, 15) is 4.79 Å². The topological polar surface area (TPSA) is 63.7 Å². The minimum absolute atomic E-state index is 0.203. The van der Waals surface area contributed by atoms with Crippen molar-refractivity contribution in [2.45, 2.75) is 19.5 Å². The van der Waals surface area contributed by atoms with Crippen LogP contribution in [0, 0.1) is 11.3 Å². The Morgan fingerprint density at radius 2 is 2.35 bits per heavy atom. The van der Waals surface area contributed by atoms with E-state index in [4.69, 9.17) is 9.15 Å². The van der Waals surface area contributed by atoms with Crippen LogP contribution in [0.4, 0.5) is 0 Å². The van der Waals surface area contributed by atoms with Gasteiger partial charge in [0.15, 0.2) is 0 Å². The van der Waals surface area contributed by atoms with Crippen molar-refractivity contribution in [1.82, 2.24) is 19.6 Å². The molecule has 2 aromatic heterocycles. The summed E-state index contributed by atoms with van der Waals surface area (Å²) in [4.78, 5) is 17.6. The number of fused-ring (bicyclic) bond motifs is 1. The number of ether oxygens (including phenoxy) is 1. The summed E-state index contributed by atoms with van der Waals surface area (Å²) in [6.07, 6.45) is 4.24. The number of furan rings is 1. The smallest absolute Gasteiger partial charge is 0.230 e. The molecule has 7 heteroatoms. The average Bonchev–Trinajstić information content (AvgIpc) is 3.35. The van der Waals surface area contributed by atoms with Gasteiger partial charge in [0.05, 0.1) is 30.5 Å². The highest BCUT2D eigenvalue weighted by Gasteiger charge is 2.54. The summed E-state index contributed by atoms with van der Waals surface area (Å²) >= 11 is 0. The molecule has 0 aromatic carbocycles. The molecule has 0 saturated carbocycles. The molecule has 2 unspecified atom stereocenters. The number of carbonyl (C=O) groups is 1. The summed E-state index contributed by atoms with van der Waals surface area (Å²) in [6, 6.07) is 5.80. The molecule has 2 aliphatic rings. The number of hydrogen-bond acceptors (Lipinski definition) is 5. The molecule has 2 fully saturated rings. The van der Waals surface area contributed by atoms with Crippen LogP contribution in [0.1, 0.15) is 17.9 Å². The lowest BCUT2D eigenvalue weighted by molar-refractivity contribution is -0.150. The van der Waals surface area contributed by atoms with Crippen LogP contribution >= 0.6 is 0 Å². The molecule has 4 rings (SSSR count). The molecule has 4 heterocycles. The number of nitrogens with zero attached hydrogens (tertiary/aromatic N) is 4. The van der Waals surface area contributed by atoms with Gasteiger partial charge in [0.1, 0.15) is 5.76 Å². The van der Waals surface area contributed by atoms with Crippen LogP contribution in [0.25, 0.3) is 0 Å². The zero-order chi connectivity index (χ0) is 18.1. The van der Waals surface area contributed by atoms with Gasteiger partial charge in [0.2, 0.25) is 5.91 Å². The van der Waals surface area contributed by atoms with Gasteiger partial charge in [0, 0.05) is 52.5 Å². The van der Waals surface area contributed by atoms with Crippen LogP contribution in [0.15, 0.2) is 35.1 Å². The van der Waals surface area contributed by atoms with E-state index in [0.717, 1.165) is 37.5 Å². The number of carbonyl (C=O) groups excluding carboxylic acids is 1. The first-order chi connectivity index (χ1) is 12.6. The maximum Gasteiger partial charge on any atom is 0.230 e. The molecular formula is C19H26N4O3. The van der Waals surface area contributed by atoms with Crippen molar-refractivity contribution in [3.05, 3.63) is 42.1 Å². The molecule has 1 amide bonds. The lowest BCUT2D eigenvalue weighted by Crippen LogP contribution is -2.50. The van der Waals surface area contributed by atoms with Crippen LogP contribution in [0.2, 0.25) is 0 Å². The fourth-order valence-electron chi connectivity index (χ4n) is 4.40. The van der Waals surface area contributed by atoms with Crippen molar-refractivity contribution in [2.75, 3.05) is 33.4 Å². The van der Waals surface area contributed by atoms with Crippen molar-refractivity contribution >= 4 is 5.91 Å². The summed E-state index contributed by atoms with van der Waals surface area (Å²) in [5, 5.41) is 4.25. The maximum absolute atomic E-state index is 13.4. The van der Waals surface area contributed by atoms with Gasteiger partial charge in [-0.15, -0.1) is 0 Å². The molecule has 7 nitrogen and oxygen atoms in total. The minimum Gasteiger partial charge on any atom is -0.467 e. The SMILES string of the molecule is CN(Cc1ccco1)C(=O)C12CCOCC1CN(Cc1ccnn1C)C2. The van der Waals surface area contributed by atoms with Crippen LogP contribution < -0.4 is 0 Å². The average molecular weight is 358 g/mol. The Balaban J connectivity index is 1.51. The Bertz CT molecular complexity index is 757. The largest absolute Gasteiger partial charge is 0.467 e. The lowest BCUT2D eigenvalue weighted by Gasteiger charge is -2.39. The summed E-state index contributed by atoms with van der Waals surface area (Å²) in [6.45, 7) is 4.27. The summed E-state index contributed by atoms with van der Waals surface area (Å²) in [5.74, 6) is 1.25. The van der Waals surface area contributed by atoms with Crippen molar-refractivity contribution in [1.29, 1.82) is 0 Å². The van der Waals surface area contributed by atoms with Crippen LogP contribution in [0.3, 0.4) is 0 Å². The van der Waals surface area contributed by atoms with E-state index in [0.29, 0.717) is 19.8 Å². The van der Waals surface area contributed by atoms with Gasteiger partial charge < -0.3 is 14.1 Å². The summed E-state index contributed by atoms with van der Waals surface area (Å²) < 4.78 is 13.0. The Morgan fingerprint density at radius 3 is 3.08 bits per heavy atom. The van der Waals surface area contributed by atoms with Gasteiger partial charge in [-0.3, -0.25) is 14.4 Å². The first-order valence-corrected chi connectivity index (χ1v) is 9.13. The fraction of sp³-hybridized carbons (Fsp3) is 0.579. The monoisotopic (exact) mass is 358 g/mol. The van der Waals surface area contributed by atoms with Gasteiger partial charge in [0.25, 0.3) is 0 Å². The van der Waals surface area contributed by atoms with Gasteiger partial charge in [-0.2, -0.15) is 5.10 Å². The van der Waals surface area contributed by atoms with Crippen molar-refractivity contribution in [3.8, 4) is 0 Å². The third kappa shape index (κ3) is 3.05. The number of likely N-dealkylation sites (tertiary alicyclic amines) is 1. The normalized spacial score (nSPS) is 26.0. The van der Waals surface area contributed by atoms with Crippen molar-refractivity contribution in [2.24, 2.45) is 18.4 Å². The molecule has 0 bridgehead atoms. The first kappa shape index (κ1) is 17.3. The predicted molar refractivity (Wildman–Crippen MR) is 95.0 cm³/mol. The predicted octanol–water partition coefficient (Wildman–Crippen LogP) is 1.51. The van der Waals surface area contributed by atoms with E-state index < -0.39 is 0 Å². The van der Waals surface area contributed by atoms with Gasteiger partial charge in [-0.1, -0.05) is 0 Å². The van der Waals surface area contributed by atoms with Gasteiger partial charge in [-0.25, -0.2) is 0 Å². The second-order valence-corrected chi connectivity index (χ2v) is 7.53. The Morgan fingerprint density at radius 1 is 1.46 bits per heavy atom. The highest BCUT2D eigenvalue weighted by molar-refractivity contribution is 5.83. The van der Waals surface area contributed by atoms with Gasteiger partial charge >= 0.3 is 0 Å². The van der Waals surface area contributed by atoms with Crippen molar-refractivity contribution in [3.63, 3.8) is 0 Å². The van der Waals surface area contributed by atoms with Crippen LogP contribution in [-0.4, -0.2) is 58.8 Å². The van der Waals surface area contributed by atoms with E-state index >= 15 is 0 Å². The number of hydrogen-bond donors (Lipinski definition) is 0. The number of aryl methyl sites for hydroxylation is 1. The van der Waals surface area contributed by atoms with Gasteiger partial charge in [-0.05, 0) is 24.6 Å².